The zero-order valence-electron chi connectivity index (χ0n) is 16.9. The topological polar surface area (TPSA) is 75.3 Å². The van der Waals surface area contributed by atoms with Gasteiger partial charge in [-0.1, -0.05) is 48.5 Å². The fourth-order valence-corrected chi connectivity index (χ4v) is 4.52. The van der Waals surface area contributed by atoms with Crippen LogP contribution in [0.4, 0.5) is 5.69 Å². The number of aryl methyl sites for hydroxylation is 1. The van der Waals surface area contributed by atoms with Crippen molar-refractivity contribution < 1.29 is 13.2 Å². The molecule has 29 heavy (non-hydrogen) atoms. The molecule has 0 aliphatic carbocycles. The molecule has 0 bridgehead atoms. The first-order chi connectivity index (χ1) is 13.6. The predicted octanol–water partition coefficient (Wildman–Crippen LogP) is 4.49. The van der Waals surface area contributed by atoms with Crippen LogP contribution in [0, 0.1) is 0 Å². The molecule has 0 radical (unpaired) electrons. The Morgan fingerprint density at radius 2 is 1.55 bits per heavy atom. The van der Waals surface area contributed by atoms with E-state index >= 15 is 0 Å². The SMILES string of the molecule is CC(C)(C)NS(=O)(=O)c1ccc(CCC(=O)Nc2cccc3ccccc23)cc1. The summed E-state index contributed by atoms with van der Waals surface area (Å²) in [6.07, 6.45) is 0.846. The number of benzene rings is 3. The van der Waals surface area contributed by atoms with E-state index in [4.69, 9.17) is 0 Å². The number of anilines is 1. The van der Waals surface area contributed by atoms with Crippen molar-refractivity contribution in [1.29, 1.82) is 0 Å². The first-order valence-electron chi connectivity index (χ1n) is 9.55. The van der Waals surface area contributed by atoms with Crippen molar-refractivity contribution in [2.24, 2.45) is 0 Å². The molecule has 0 aromatic heterocycles. The fraction of sp³-hybridized carbons (Fsp3) is 0.261. The fourth-order valence-electron chi connectivity index (χ4n) is 3.10. The highest BCUT2D eigenvalue weighted by molar-refractivity contribution is 7.89. The van der Waals surface area contributed by atoms with E-state index in [9.17, 15) is 13.2 Å². The summed E-state index contributed by atoms with van der Waals surface area (Å²) in [5, 5.41) is 5.05. The number of rotatable bonds is 6. The molecule has 0 heterocycles. The van der Waals surface area contributed by atoms with Crippen LogP contribution >= 0.6 is 0 Å². The Balaban J connectivity index is 1.62. The van der Waals surface area contributed by atoms with Crippen molar-refractivity contribution >= 4 is 32.4 Å². The van der Waals surface area contributed by atoms with E-state index in [0.717, 1.165) is 22.0 Å². The second-order valence-electron chi connectivity index (χ2n) is 8.07. The molecule has 0 unspecified atom stereocenters. The average molecular weight is 411 g/mol. The van der Waals surface area contributed by atoms with Crippen molar-refractivity contribution in [2.75, 3.05) is 5.32 Å². The highest BCUT2D eigenvalue weighted by Gasteiger charge is 2.21. The lowest BCUT2D eigenvalue weighted by Gasteiger charge is -2.20. The predicted molar refractivity (Wildman–Crippen MR) is 117 cm³/mol. The largest absolute Gasteiger partial charge is 0.326 e. The van der Waals surface area contributed by atoms with Gasteiger partial charge in [-0.15, -0.1) is 0 Å². The quantitative estimate of drug-likeness (QED) is 0.629. The molecule has 3 rings (SSSR count). The average Bonchev–Trinajstić information content (AvgIpc) is 2.65. The molecular formula is C23H26N2O3S. The molecule has 0 saturated carbocycles. The smallest absolute Gasteiger partial charge is 0.241 e. The van der Waals surface area contributed by atoms with Gasteiger partial charge in [-0.3, -0.25) is 4.79 Å². The van der Waals surface area contributed by atoms with Crippen LogP contribution < -0.4 is 10.0 Å². The molecule has 0 saturated heterocycles. The van der Waals surface area contributed by atoms with Gasteiger partial charge < -0.3 is 5.32 Å². The summed E-state index contributed by atoms with van der Waals surface area (Å²) >= 11 is 0. The second kappa shape index (κ2) is 8.35. The third-order valence-electron chi connectivity index (χ3n) is 4.38. The summed E-state index contributed by atoms with van der Waals surface area (Å²) < 4.78 is 27.4. The second-order valence-corrected chi connectivity index (χ2v) is 9.76. The van der Waals surface area contributed by atoms with Gasteiger partial charge in [0.2, 0.25) is 15.9 Å². The van der Waals surface area contributed by atoms with Crippen LogP contribution in [0.25, 0.3) is 10.8 Å². The maximum absolute atomic E-state index is 12.4. The number of sulfonamides is 1. The van der Waals surface area contributed by atoms with E-state index in [1.807, 2.05) is 42.5 Å². The summed E-state index contributed by atoms with van der Waals surface area (Å²) in [5.74, 6) is -0.0764. The Bertz CT molecular complexity index is 1110. The molecule has 0 aliphatic rings. The van der Waals surface area contributed by atoms with Gasteiger partial charge in [0.1, 0.15) is 0 Å². The van der Waals surface area contributed by atoms with Crippen molar-refractivity contribution in [2.45, 2.75) is 44.0 Å². The zero-order valence-corrected chi connectivity index (χ0v) is 17.7. The molecule has 0 spiro atoms. The van der Waals surface area contributed by atoms with Gasteiger partial charge in [0.05, 0.1) is 4.90 Å². The van der Waals surface area contributed by atoms with Crippen molar-refractivity contribution in [3.8, 4) is 0 Å². The molecule has 2 N–H and O–H groups in total. The molecule has 0 atom stereocenters. The molecular weight excluding hydrogens is 384 g/mol. The lowest BCUT2D eigenvalue weighted by Crippen LogP contribution is -2.40. The standard InChI is InChI=1S/C23H26N2O3S/c1-23(2,3)25-29(27,28)19-14-11-17(12-15-19)13-16-22(26)24-21-10-6-8-18-7-4-5-9-20(18)21/h4-12,14-15,25H,13,16H2,1-3H3,(H,24,26). The highest BCUT2D eigenvalue weighted by atomic mass is 32.2. The molecule has 6 heteroatoms. The van der Waals surface area contributed by atoms with E-state index in [1.165, 1.54) is 0 Å². The van der Waals surface area contributed by atoms with Crippen LogP contribution in [-0.2, 0) is 21.2 Å². The van der Waals surface area contributed by atoms with Crippen molar-refractivity contribution in [3.63, 3.8) is 0 Å². The van der Waals surface area contributed by atoms with Crippen LogP contribution in [0.2, 0.25) is 0 Å². The van der Waals surface area contributed by atoms with Crippen LogP contribution in [-0.4, -0.2) is 19.9 Å². The maximum atomic E-state index is 12.4. The van der Waals surface area contributed by atoms with Gasteiger partial charge in [0, 0.05) is 23.0 Å². The summed E-state index contributed by atoms with van der Waals surface area (Å²) in [7, 11) is -3.56. The van der Waals surface area contributed by atoms with E-state index in [2.05, 4.69) is 10.0 Å². The molecule has 0 aliphatic heterocycles. The third kappa shape index (κ3) is 5.65. The summed E-state index contributed by atoms with van der Waals surface area (Å²) in [4.78, 5) is 12.6. The molecule has 3 aromatic rings. The van der Waals surface area contributed by atoms with Gasteiger partial charge in [-0.2, -0.15) is 0 Å². The maximum Gasteiger partial charge on any atom is 0.241 e. The van der Waals surface area contributed by atoms with Gasteiger partial charge in [0.25, 0.3) is 0 Å². The lowest BCUT2D eigenvalue weighted by atomic mass is 10.1. The zero-order chi connectivity index (χ0) is 21.1. The van der Waals surface area contributed by atoms with Gasteiger partial charge in [0.15, 0.2) is 0 Å². The Kier molecular flexibility index (Phi) is 6.05. The minimum atomic E-state index is -3.56. The summed E-state index contributed by atoms with van der Waals surface area (Å²) in [6.45, 7) is 5.40. The molecule has 3 aromatic carbocycles. The molecule has 0 fully saturated rings. The number of hydrogen-bond acceptors (Lipinski definition) is 3. The van der Waals surface area contributed by atoms with Crippen molar-refractivity contribution in [1.82, 2.24) is 4.72 Å². The van der Waals surface area contributed by atoms with Crippen LogP contribution in [0.1, 0.15) is 32.8 Å². The number of fused-ring (bicyclic) bond motifs is 1. The number of amides is 1. The van der Waals surface area contributed by atoms with E-state index in [-0.39, 0.29) is 10.8 Å². The number of carbonyl (C=O) groups excluding carboxylic acids is 1. The summed E-state index contributed by atoms with van der Waals surface area (Å²) in [5.41, 5.74) is 1.16. The number of nitrogens with one attached hydrogen (secondary N) is 2. The minimum Gasteiger partial charge on any atom is -0.326 e. The first-order valence-corrected chi connectivity index (χ1v) is 11.0. The Labute approximate surface area is 172 Å². The number of carbonyl (C=O) groups is 1. The Morgan fingerprint density at radius 3 is 2.24 bits per heavy atom. The Morgan fingerprint density at radius 1 is 0.897 bits per heavy atom. The Hall–Kier alpha value is -2.70. The van der Waals surface area contributed by atoms with E-state index in [0.29, 0.717) is 12.8 Å². The minimum absolute atomic E-state index is 0.0764. The monoisotopic (exact) mass is 410 g/mol. The van der Waals surface area contributed by atoms with Gasteiger partial charge in [-0.25, -0.2) is 13.1 Å². The molecule has 152 valence electrons. The van der Waals surface area contributed by atoms with Crippen molar-refractivity contribution in [3.05, 3.63) is 72.3 Å². The molecule has 5 nitrogen and oxygen atoms in total. The van der Waals surface area contributed by atoms with Crippen LogP contribution in [0.3, 0.4) is 0 Å². The van der Waals surface area contributed by atoms with E-state index in [1.54, 1.807) is 45.0 Å². The van der Waals surface area contributed by atoms with Gasteiger partial charge >= 0.3 is 0 Å². The highest BCUT2D eigenvalue weighted by Crippen LogP contribution is 2.23. The lowest BCUT2D eigenvalue weighted by molar-refractivity contribution is -0.116. The summed E-state index contributed by atoms with van der Waals surface area (Å²) in [6, 6.07) is 20.4. The normalized spacial score (nSPS) is 12.1. The first kappa shape index (κ1) is 21.0. The van der Waals surface area contributed by atoms with Gasteiger partial charge in [-0.05, 0) is 56.3 Å². The third-order valence-corrected chi connectivity index (χ3v) is 6.15. The number of hydrogen-bond donors (Lipinski definition) is 2. The van der Waals surface area contributed by atoms with Crippen LogP contribution in [0.5, 0.6) is 0 Å². The molecule has 1 amide bonds. The van der Waals surface area contributed by atoms with E-state index < -0.39 is 15.6 Å². The van der Waals surface area contributed by atoms with Crippen LogP contribution in [0.15, 0.2) is 71.6 Å².